The monoisotopic (exact) mass is 444 g/mol. The van der Waals surface area contributed by atoms with Crippen molar-refractivity contribution in [2.75, 3.05) is 19.7 Å². The molecule has 31 heavy (non-hydrogen) atoms. The summed E-state index contributed by atoms with van der Waals surface area (Å²) < 4.78 is 32.6. The molecular formula is C24H32N2O4S. The van der Waals surface area contributed by atoms with E-state index in [1.54, 1.807) is 28.6 Å². The zero-order valence-electron chi connectivity index (χ0n) is 18.6. The van der Waals surface area contributed by atoms with E-state index in [4.69, 9.17) is 4.74 Å². The van der Waals surface area contributed by atoms with Crippen molar-refractivity contribution in [3.8, 4) is 5.75 Å². The van der Waals surface area contributed by atoms with E-state index >= 15 is 0 Å². The number of nitrogens with zero attached hydrogens (tertiary/aromatic N) is 1. The third-order valence-electron chi connectivity index (χ3n) is 5.60. The van der Waals surface area contributed by atoms with Crippen molar-refractivity contribution in [1.29, 1.82) is 0 Å². The van der Waals surface area contributed by atoms with Crippen LogP contribution in [0.5, 0.6) is 5.75 Å². The molecule has 1 aliphatic rings. The highest BCUT2D eigenvalue weighted by Gasteiger charge is 2.25. The quantitative estimate of drug-likeness (QED) is 0.668. The molecule has 7 heteroatoms. The Bertz CT molecular complexity index is 995. The lowest BCUT2D eigenvalue weighted by Gasteiger charge is -2.25. The largest absolute Gasteiger partial charge is 0.484 e. The molecule has 0 saturated carbocycles. The van der Waals surface area contributed by atoms with Crippen LogP contribution in [0.4, 0.5) is 0 Å². The van der Waals surface area contributed by atoms with Crippen molar-refractivity contribution >= 4 is 15.9 Å². The standard InChI is InChI=1S/C24H32N2O4S/c1-18(2)23-12-9-21(15-19(23)3)30-17-24(27)25-16-20-7-10-22(11-8-20)31(28,29)26-13-5-4-6-14-26/h7-12,15,18H,4-6,13-14,16-17H2,1-3H3,(H,25,27). The van der Waals surface area contributed by atoms with Gasteiger partial charge in [-0.1, -0.05) is 38.5 Å². The van der Waals surface area contributed by atoms with Crippen LogP contribution in [0, 0.1) is 6.92 Å². The van der Waals surface area contributed by atoms with Gasteiger partial charge in [0.25, 0.3) is 5.91 Å². The molecule has 0 atom stereocenters. The van der Waals surface area contributed by atoms with Gasteiger partial charge in [-0.2, -0.15) is 4.31 Å². The molecule has 1 aliphatic heterocycles. The lowest BCUT2D eigenvalue weighted by molar-refractivity contribution is -0.123. The SMILES string of the molecule is Cc1cc(OCC(=O)NCc2ccc(S(=O)(=O)N3CCCCC3)cc2)ccc1C(C)C. The topological polar surface area (TPSA) is 75.7 Å². The first kappa shape index (κ1) is 23.3. The minimum atomic E-state index is -3.44. The van der Waals surface area contributed by atoms with Crippen molar-refractivity contribution in [2.45, 2.75) is 57.4 Å². The molecule has 2 aromatic rings. The predicted molar refractivity (Wildman–Crippen MR) is 122 cm³/mol. The molecule has 2 aromatic carbocycles. The molecule has 0 radical (unpaired) electrons. The maximum absolute atomic E-state index is 12.7. The molecule has 0 aliphatic carbocycles. The number of nitrogens with one attached hydrogen (secondary N) is 1. The van der Waals surface area contributed by atoms with Crippen LogP contribution in [0.2, 0.25) is 0 Å². The second-order valence-corrected chi connectivity index (χ2v) is 10.3. The van der Waals surface area contributed by atoms with Crippen LogP contribution < -0.4 is 10.1 Å². The first-order valence-corrected chi connectivity index (χ1v) is 12.3. The number of carbonyl (C=O) groups excluding carboxylic acids is 1. The summed E-state index contributed by atoms with van der Waals surface area (Å²) in [6.45, 7) is 7.74. The van der Waals surface area contributed by atoms with Gasteiger partial charge in [0.05, 0.1) is 4.90 Å². The van der Waals surface area contributed by atoms with Crippen molar-refractivity contribution in [3.05, 3.63) is 59.2 Å². The maximum Gasteiger partial charge on any atom is 0.258 e. The Labute approximate surface area is 185 Å². The van der Waals surface area contributed by atoms with Gasteiger partial charge in [-0.05, 0) is 66.6 Å². The summed E-state index contributed by atoms with van der Waals surface area (Å²) in [7, 11) is -3.44. The van der Waals surface area contributed by atoms with Crippen molar-refractivity contribution in [1.82, 2.24) is 9.62 Å². The molecular weight excluding hydrogens is 412 g/mol. The molecule has 1 saturated heterocycles. The van der Waals surface area contributed by atoms with E-state index < -0.39 is 10.0 Å². The summed E-state index contributed by atoms with van der Waals surface area (Å²) >= 11 is 0. The number of piperidine rings is 1. The van der Waals surface area contributed by atoms with Gasteiger partial charge in [0.1, 0.15) is 5.75 Å². The van der Waals surface area contributed by atoms with E-state index in [-0.39, 0.29) is 12.5 Å². The number of rotatable bonds is 8. The molecule has 1 heterocycles. The summed E-state index contributed by atoms with van der Waals surface area (Å²) in [6.07, 6.45) is 2.90. The number of hydrogen-bond acceptors (Lipinski definition) is 4. The van der Waals surface area contributed by atoms with Crippen LogP contribution in [0.25, 0.3) is 0 Å². The fourth-order valence-electron chi connectivity index (χ4n) is 3.82. The van der Waals surface area contributed by atoms with Crippen LogP contribution in [0.3, 0.4) is 0 Å². The van der Waals surface area contributed by atoms with Crippen molar-refractivity contribution in [3.63, 3.8) is 0 Å². The molecule has 0 aromatic heterocycles. The molecule has 1 N–H and O–H groups in total. The normalized spacial score (nSPS) is 15.1. The Hall–Kier alpha value is -2.38. The molecule has 1 amide bonds. The molecule has 0 bridgehead atoms. The summed E-state index contributed by atoms with van der Waals surface area (Å²) in [4.78, 5) is 12.4. The van der Waals surface area contributed by atoms with E-state index in [2.05, 4.69) is 19.2 Å². The maximum atomic E-state index is 12.7. The number of carbonyl (C=O) groups is 1. The van der Waals surface area contributed by atoms with Crippen molar-refractivity contribution < 1.29 is 17.9 Å². The summed E-state index contributed by atoms with van der Waals surface area (Å²) in [6, 6.07) is 12.6. The molecule has 1 fully saturated rings. The Kier molecular flexibility index (Phi) is 7.73. The first-order chi connectivity index (χ1) is 14.8. The third kappa shape index (κ3) is 6.08. The van der Waals surface area contributed by atoms with Crippen LogP contribution >= 0.6 is 0 Å². The average molecular weight is 445 g/mol. The Morgan fingerprint density at radius 2 is 1.74 bits per heavy atom. The minimum Gasteiger partial charge on any atom is -0.484 e. The van der Waals surface area contributed by atoms with E-state index in [9.17, 15) is 13.2 Å². The Morgan fingerprint density at radius 3 is 2.35 bits per heavy atom. The smallest absolute Gasteiger partial charge is 0.258 e. The number of aryl methyl sites for hydroxylation is 1. The lowest BCUT2D eigenvalue weighted by atomic mass is 9.98. The average Bonchev–Trinajstić information content (AvgIpc) is 2.77. The van der Waals surface area contributed by atoms with E-state index in [0.717, 1.165) is 30.4 Å². The summed E-state index contributed by atoms with van der Waals surface area (Å²) in [5.41, 5.74) is 3.25. The van der Waals surface area contributed by atoms with Crippen molar-refractivity contribution in [2.24, 2.45) is 0 Å². The van der Waals surface area contributed by atoms with Gasteiger partial charge in [0, 0.05) is 19.6 Å². The second kappa shape index (κ2) is 10.3. The Morgan fingerprint density at radius 1 is 1.06 bits per heavy atom. The number of amides is 1. The molecule has 0 unspecified atom stereocenters. The highest BCUT2D eigenvalue weighted by molar-refractivity contribution is 7.89. The zero-order chi connectivity index (χ0) is 22.4. The molecule has 168 valence electrons. The van der Waals surface area contributed by atoms with Gasteiger partial charge in [0.15, 0.2) is 6.61 Å². The zero-order valence-corrected chi connectivity index (χ0v) is 19.4. The van der Waals surface area contributed by atoms with E-state index in [0.29, 0.717) is 36.2 Å². The van der Waals surface area contributed by atoms with Gasteiger partial charge in [-0.3, -0.25) is 4.79 Å². The van der Waals surface area contributed by atoms with E-state index in [1.807, 2.05) is 25.1 Å². The highest BCUT2D eigenvalue weighted by Crippen LogP contribution is 2.23. The lowest BCUT2D eigenvalue weighted by Crippen LogP contribution is -2.35. The predicted octanol–water partition coefficient (Wildman–Crippen LogP) is 3.99. The highest BCUT2D eigenvalue weighted by atomic mass is 32.2. The van der Waals surface area contributed by atoms with Gasteiger partial charge >= 0.3 is 0 Å². The van der Waals surface area contributed by atoms with E-state index in [1.165, 1.54) is 5.56 Å². The second-order valence-electron chi connectivity index (χ2n) is 8.35. The van der Waals surface area contributed by atoms with Crippen LogP contribution in [-0.4, -0.2) is 38.3 Å². The fourth-order valence-corrected chi connectivity index (χ4v) is 5.34. The summed E-state index contributed by atoms with van der Waals surface area (Å²) in [5.74, 6) is 0.888. The van der Waals surface area contributed by atoms with Crippen LogP contribution in [0.1, 0.15) is 55.7 Å². The number of ether oxygens (including phenoxy) is 1. The fraction of sp³-hybridized carbons (Fsp3) is 0.458. The third-order valence-corrected chi connectivity index (χ3v) is 7.51. The van der Waals surface area contributed by atoms with Crippen LogP contribution in [-0.2, 0) is 21.4 Å². The Balaban J connectivity index is 1.49. The molecule has 6 nitrogen and oxygen atoms in total. The number of sulfonamides is 1. The van der Waals surface area contributed by atoms with Gasteiger partial charge < -0.3 is 10.1 Å². The molecule has 3 rings (SSSR count). The van der Waals surface area contributed by atoms with Gasteiger partial charge in [-0.15, -0.1) is 0 Å². The number of hydrogen-bond donors (Lipinski definition) is 1. The van der Waals surface area contributed by atoms with Gasteiger partial charge in [-0.25, -0.2) is 8.42 Å². The minimum absolute atomic E-state index is 0.0676. The summed E-state index contributed by atoms with van der Waals surface area (Å²) in [5, 5.41) is 2.81. The number of benzene rings is 2. The molecule has 0 spiro atoms. The first-order valence-electron chi connectivity index (χ1n) is 10.9. The van der Waals surface area contributed by atoms with Crippen LogP contribution in [0.15, 0.2) is 47.4 Å². The van der Waals surface area contributed by atoms with Gasteiger partial charge in [0.2, 0.25) is 10.0 Å².